The van der Waals surface area contributed by atoms with Crippen LogP contribution in [0, 0.1) is 13.8 Å². The largest absolute Gasteiger partial charge is 0.495 e. The maximum absolute atomic E-state index is 12.2. The lowest BCUT2D eigenvalue weighted by atomic mass is 10.0. The number of ether oxygens (including phenoxy) is 6. The number of amides is 2. The number of methoxy groups -OCH3 is 2. The van der Waals surface area contributed by atoms with Crippen LogP contribution in [-0.2, 0) is 31.8 Å². The van der Waals surface area contributed by atoms with Crippen molar-refractivity contribution in [1.29, 1.82) is 0 Å². The summed E-state index contributed by atoms with van der Waals surface area (Å²) in [7, 11) is 3.32. The number of halogens is 2. The second kappa shape index (κ2) is 17.4. The van der Waals surface area contributed by atoms with Gasteiger partial charge in [-0.1, -0.05) is 12.1 Å². The minimum Gasteiger partial charge on any atom is -0.495 e. The van der Waals surface area contributed by atoms with Crippen LogP contribution in [0.3, 0.4) is 0 Å². The van der Waals surface area contributed by atoms with E-state index in [1.165, 1.54) is 0 Å². The summed E-state index contributed by atoms with van der Waals surface area (Å²) < 4.78 is 35.2. The molecule has 2 aliphatic heterocycles. The summed E-state index contributed by atoms with van der Waals surface area (Å²) in [6.45, 7) is 18.6. The zero-order valence-corrected chi connectivity index (χ0v) is 33.2. The molecular formula is C36H52Br2N2O8. The molecule has 0 saturated carbocycles. The fourth-order valence-corrected chi connectivity index (χ4v) is 7.09. The highest BCUT2D eigenvalue weighted by molar-refractivity contribution is 9.11. The third kappa shape index (κ3) is 12.4. The Balaban J connectivity index is 0.000000260. The van der Waals surface area contributed by atoms with Crippen molar-refractivity contribution in [3.8, 4) is 11.5 Å². The van der Waals surface area contributed by atoms with E-state index in [1.807, 2.05) is 67.5 Å². The highest BCUT2D eigenvalue weighted by Crippen LogP contribution is 2.32. The van der Waals surface area contributed by atoms with E-state index in [2.05, 4.69) is 44.0 Å². The topological polar surface area (TPSA) is 96.0 Å². The highest BCUT2D eigenvalue weighted by Gasteiger charge is 2.30. The van der Waals surface area contributed by atoms with E-state index in [0.29, 0.717) is 39.4 Å². The van der Waals surface area contributed by atoms with Gasteiger partial charge in [0, 0.05) is 25.9 Å². The maximum atomic E-state index is 12.2. The number of nitrogens with zero attached hydrogens (tertiary/aromatic N) is 2. The van der Waals surface area contributed by atoms with Gasteiger partial charge in [-0.05, 0) is 122 Å². The van der Waals surface area contributed by atoms with Crippen LogP contribution in [0.2, 0.25) is 0 Å². The van der Waals surface area contributed by atoms with Crippen molar-refractivity contribution in [3.63, 3.8) is 0 Å². The Morgan fingerprint density at radius 1 is 0.708 bits per heavy atom. The molecule has 2 aliphatic rings. The van der Waals surface area contributed by atoms with Crippen molar-refractivity contribution in [1.82, 2.24) is 9.80 Å². The first-order valence-corrected chi connectivity index (χ1v) is 17.8. The van der Waals surface area contributed by atoms with Crippen molar-refractivity contribution in [2.75, 3.05) is 53.6 Å². The molecule has 0 aliphatic carbocycles. The Labute approximate surface area is 303 Å². The second-order valence-corrected chi connectivity index (χ2v) is 15.8. The van der Waals surface area contributed by atoms with Crippen molar-refractivity contribution < 1.29 is 38.0 Å². The summed E-state index contributed by atoms with van der Waals surface area (Å²) in [5.74, 6) is 1.69. The maximum Gasteiger partial charge on any atom is 0.410 e. The molecule has 4 rings (SSSR count). The number of rotatable bonds is 6. The lowest BCUT2D eigenvalue weighted by Gasteiger charge is -2.34. The summed E-state index contributed by atoms with van der Waals surface area (Å²) in [5.41, 5.74) is 3.47. The zero-order valence-electron chi connectivity index (χ0n) is 30.0. The van der Waals surface area contributed by atoms with Gasteiger partial charge in [-0.3, -0.25) is 0 Å². The first kappa shape index (κ1) is 39.9. The van der Waals surface area contributed by atoms with E-state index in [-0.39, 0.29) is 24.4 Å². The lowest BCUT2D eigenvalue weighted by molar-refractivity contribution is -0.0416. The van der Waals surface area contributed by atoms with Crippen molar-refractivity contribution in [2.45, 2.75) is 91.6 Å². The first-order valence-electron chi connectivity index (χ1n) is 16.2. The molecule has 0 N–H and O–H groups in total. The number of hydrogen-bond acceptors (Lipinski definition) is 8. The summed E-state index contributed by atoms with van der Waals surface area (Å²) in [6, 6.07) is 8.28. The molecule has 12 heteroatoms. The van der Waals surface area contributed by atoms with Gasteiger partial charge in [-0.15, -0.1) is 0 Å². The predicted octanol–water partition coefficient (Wildman–Crippen LogP) is 7.89. The van der Waals surface area contributed by atoms with Gasteiger partial charge in [0.05, 0.1) is 61.7 Å². The Hall–Kier alpha value is -2.54. The Morgan fingerprint density at radius 2 is 1.06 bits per heavy atom. The van der Waals surface area contributed by atoms with E-state index < -0.39 is 11.2 Å². The molecule has 10 nitrogen and oxygen atoms in total. The van der Waals surface area contributed by atoms with Crippen LogP contribution in [0.25, 0.3) is 0 Å². The summed E-state index contributed by atoms with van der Waals surface area (Å²) in [5, 5.41) is 0. The lowest BCUT2D eigenvalue weighted by Crippen LogP contribution is -2.48. The molecule has 2 heterocycles. The monoisotopic (exact) mass is 798 g/mol. The second-order valence-electron chi connectivity index (χ2n) is 14.1. The molecule has 2 atom stereocenters. The average molecular weight is 801 g/mol. The fraction of sp³-hybridized carbons (Fsp3) is 0.611. The van der Waals surface area contributed by atoms with Crippen molar-refractivity contribution in [2.24, 2.45) is 0 Å². The molecule has 0 aromatic heterocycles. The van der Waals surface area contributed by atoms with Crippen LogP contribution in [-0.4, -0.2) is 99.0 Å². The minimum atomic E-state index is -0.483. The SMILES string of the molecule is COc1c(C)cc(C[C@@H]2CN(C(=O)OC(C)(C)C)CCO2)cc1Br.COc1c(C)cc(C[C@@H]2CN(C(=O)OC(C)(C)C)CCO2)cc1Br. The molecular weight excluding hydrogens is 748 g/mol. The molecule has 48 heavy (non-hydrogen) atoms. The number of carbonyl (C=O) groups is 2. The van der Waals surface area contributed by atoms with Crippen LogP contribution in [0.15, 0.2) is 33.2 Å². The minimum absolute atomic E-state index is 0.0361. The number of aryl methyl sites for hydroxylation is 2. The third-order valence-corrected chi connectivity index (χ3v) is 8.67. The van der Waals surface area contributed by atoms with Gasteiger partial charge in [0.2, 0.25) is 0 Å². The number of hydrogen-bond donors (Lipinski definition) is 0. The smallest absolute Gasteiger partial charge is 0.410 e. The van der Waals surface area contributed by atoms with Gasteiger partial charge in [0.1, 0.15) is 22.7 Å². The van der Waals surface area contributed by atoms with E-state index in [9.17, 15) is 9.59 Å². The molecule has 268 valence electrons. The molecule has 2 aromatic carbocycles. The molecule has 0 bridgehead atoms. The number of morpholine rings is 2. The van der Waals surface area contributed by atoms with Gasteiger partial charge in [0.15, 0.2) is 0 Å². The fourth-order valence-electron chi connectivity index (χ4n) is 5.55. The first-order chi connectivity index (χ1) is 22.4. The third-order valence-electron chi connectivity index (χ3n) is 7.49. The molecule has 2 saturated heterocycles. The van der Waals surface area contributed by atoms with Crippen LogP contribution < -0.4 is 9.47 Å². The van der Waals surface area contributed by atoms with Gasteiger partial charge < -0.3 is 38.2 Å². The zero-order chi connectivity index (χ0) is 35.8. The van der Waals surface area contributed by atoms with Crippen molar-refractivity contribution in [3.05, 3.63) is 55.5 Å². The Kier molecular flexibility index (Phi) is 14.5. The molecule has 0 spiro atoms. The van der Waals surface area contributed by atoms with Gasteiger partial charge >= 0.3 is 12.2 Å². The normalized spacial score (nSPS) is 18.4. The number of carbonyl (C=O) groups excluding carboxylic acids is 2. The van der Waals surface area contributed by atoms with Crippen molar-refractivity contribution >= 4 is 44.0 Å². The number of benzene rings is 2. The van der Waals surface area contributed by atoms with E-state index in [1.54, 1.807) is 24.0 Å². The van der Waals surface area contributed by atoms with E-state index in [4.69, 9.17) is 28.4 Å². The Bertz CT molecular complexity index is 1250. The van der Waals surface area contributed by atoms with E-state index in [0.717, 1.165) is 55.5 Å². The molecule has 0 unspecified atom stereocenters. The summed E-state index contributed by atoms with van der Waals surface area (Å²) in [6.07, 6.45) is 0.855. The van der Waals surface area contributed by atoms with Gasteiger partial charge in [0.25, 0.3) is 0 Å². The summed E-state index contributed by atoms with van der Waals surface area (Å²) in [4.78, 5) is 27.9. The van der Waals surface area contributed by atoms with Gasteiger partial charge in [-0.25, -0.2) is 9.59 Å². The van der Waals surface area contributed by atoms with Crippen LogP contribution in [0.1, 0.15) is 63.8 Å². The molecule has 0 radical (unpaired) electrons. The predicted molar refractivity (Wildman–Crippen MR) is 193 cm³/mol. The quantitative estimate of drug-likeness (QED) is 0.291. The van der Waals surface area contributed by atoms with Crippen LogP contribution in [0.4, 0.5) is 9.59 Å². The Morgan fingerprint density at radius 3 is 1.35 bits per heavy atom. The van der Waals surface area contributed by atoms with Crippen LogP contribution >= 0.6 is 31.9 Å². The molecule has 2 aromatic rings. The highest BCUT2D eigenvalue weighted by atomic mass is 79.9. The van der Waals surface area contributed by atoms with E-state index >= 15 is 0 Å². The standard InChI is InChI=1S/2C18H26BrNO4/c2*1-12-8-13(10-15(19)16(12)22-5)9-14-11-20(6-7-23-14)17(21)24-18(2,3)4/h2*8,10,14H,6-7,9,11H2,1-5H3/t2*14-/m11/s1. The average Bonchev–Trinajstić information content (AvgIpc) is 2.96. The van der Waals surface area contributed by atoms with Crippen LogP contribution in [0.5, 0.6) is 11.5 Å². The molecule has 2 amide bonds. The molecule has 2 fully saturated rings. The van der Waals surface area contributed by atoms with Gasteiger partial charge in [-0.2, -0.15) is 0 Å². The summed E-state index contributed by atoms with van der Waals surface area (Å²) >= 11 is 7.08.